The molecule has 1 rings (SSSR count). The summed E-state index contributed by atoms with van der Waals surface area (Å²) in [7, 11) is 4.08. The van der Waals surface area contributed by atoms with Gasteiger partial charge in [-0.25, -0.2) is 0 Å². The van der Waals surface area contributed by atoms with Crippen LogP contribution in [0, 0.1) is 0 Å². The molecule has 0 aromatic rings. The van der Waals surface area contributed by atoms with Crippen LogP contribution in [0.5, 0.6) is 0 Å². The molecule has 82 valence electrons. The van der Waals surface area contributed by atoms with E-state index in [2.05, 4.69) is 23.8 Å². The van der Waals surface area contributed by atoms with Crippen molar-refractivity contribution in [2.24, 2.45) is 0 Å². The normalized spacial score (nSPS) is 21.8. The largest absolute Gasteiger partial charge is 0.377 e. The molecule has 1 saturated heterocycles. The summed E-state index contributed by atoms with van der Waals surface area (Å²) in [6.45, 7) is 7.84. The molecule has 1 heterocycles. The quantitative estimate of drug-likeness (QED) is 0.641. The summed E-state index contributed by atoms with van der Waals surface area (Å²) in [4.78, 5) is 2.29. The molecule has 1 aliphatic heterocycles. The standard InChI is InChI=1S/C11H22N2O/c1-10(7-12-2)8-13(3)9-11-5-4-6-14-11/h11-12H,1,4-9H2,2-3H3. The molecule has 0 saturated carbocycles. The molecule has 0 spiro atoms. The molecule has 1 fully saturated rings. The Morgan fingerprint density at radius 2 is 2.43 bits per heavy atom. The average Bonchev–Trinajstić information content (AvgIpc) is 2.56. The van der Waals surface area contributed by atoms with Crippen LogP contribution in [0.3, 0.4) is 0 Å². The van der Waals surface area contributed by atoms with Gasteiger partial charge in [-0.2, -0.15) is 0 Å². The summed E-state index contributed by atoms with van der Waals surface area (Å²) in [5, 5.41) is 3.11. The van der Waals surface area contributed by atoms with Crippen LogP contribution in [0.15, 0.2) is 12.2 Å². The first-order chi connectivity index (χ1) is 6.72. The second-order valence-corrected chi connectivity index (χ2v) is 4.11. The van der Waals surface area contributed by atoms with Crippen molar-refractivity contribution in [1.82, 2.24) is 10.2 Å². The summed E-state index contributed by atoms with van der Waals surface area (Å²) in [5.41, 5.74) is 1.23. The van der Waals surface area contributed by atoms with E-state index in [-0.39, 0.29) is 0 Å². The van der Waals surface area contributed by atoms with Crippen LogP contribution in [0.25, 0.3) is 0 Å². The van der Waals surface area contributed by atoms with Gasteiger partial charge in [0.2, 0.25) is 0 Å². The topological polar surface area (TPSA) is 24.5 Å². The van der Waals surface area contributed by atoms with E-state index in [0.29, 0.717) is 6.10 Å². The second-order valence-electron chi connectivity index (χ2n) is 4.11. The van der Waals surface area contributed by atoms with E-state index in [9.17, 15) is 0 Å². The molecule has 1 N–H and O–H groups in total. The van der Waals surface area contributed by atoms with Crippen molar-refractivity contribution in [2.45, 2.75) is 18.9 Å². The van der Waals surface area contributed by atoms with Gasteiger partial charge in [0, 0.05) is 26.2 Å². The van der Waals surface area contributed by atoms with Crippen LogP contribution >= 0.6 is 0 Å². The van der Waals surface area contributed by atoms with Crippen molar-refractivity contribution in [2.75, 3.05) is 40.3 Å². The van der Waals surface area contributed by atoms with Crippen LogP contribution in [-0.2, 0) is 4.74 Å². The lowest BCUT2D eigenvalue weighted by Crippen LogP contribution is -2.31. The van der Waals surface area contributed by atoms with Gasteiger partial charge in [0.15, 0.2) is 0 Å². The molecule has 3 heteroatoms. The number of nitrogens with one attached hydrogen (secondary N) is 1. The minimum Gasteiger partial charge on any atom is -0.377 e. The molecule has 0 aromatic carbocycles. The molecule has 0 aromatic heterocycles. The van der Waals surface area contributed by atoms with Crippen molar-refractivity contribution >= 4 is 0 Å². The number of hydrogen-bond acceptors (Lipinski definition) is 3. The van der Waals surface area contributed by atoms with Gasteiger partial charge in [0.05, 0.1) is 6.10 Å². The number of hydrogen-bond donors (Lipinski definition) is 1. The van der Waals surface area contributed by atoms with E-state index < -0.39 is 0 Å². The lowest BCUT2D eigenvalue weighted by molar-refractivity contribution is 0.0836. The Morgan fingerprint density at radius 1 is 1.64 bits per heavy atom. The van der Waals surface area contributed by atoms with E-state index >= 15 is 0 Å². The van der Waals surface area contributed by atoms with Crippen LogP contribution < -0.4 is 5.32 Å². The summed E-state index contributed by atoms with van der Waals surface area (Å²) >= 11 is 0. The van der Waals surface area contributed by atoms with Gasteiger partial charge in [-0.1, -0.05) is 6.58 Å². The van der Waals surface area contributed by atoms with Crippen LogP contribution in [0.4, 0.5) is 0 Å². The predicted molar refractivity (Wildman–Crippen MR) is 59.5 cm³/mol. The Labute approximate surface area is 87.1 Å². The summed E-state index contributed by atoms with van der Waals surface area (Å²) in [6, 6.07) is 0. The molecule has 0 radical (unpaired) electrons. The van der Waals surface area contributed by atoms with Gasteiger partial charge < -0.3 is 10.1 Å². The molecule has 1 aliphatic rings. The van der Waals surface area contributed by atoms with Crippen LogP contribution in [-0.4, -0.2) is 51.3 Å². The van der Waals surface area contributed by atoms with Crippen LogP contribution in [0.2, 0.25) is 0 Å². The fourth-order valence-corrected chi connectivity index (χ4v) is 1.89. The molecule has 3 nitrogen and oxygen atoms in total. The highest BCUT2D eigenvalue weighted by Gasteiger charge is 2.17. The number of rotatable bonds is 6. The van der Waals surface area contributed by atoms with Gasteiger partial charge in [-0.15, -0.1) is 0 Å². The Balaban J connectivity index is 2.14. The minimum atomic E-state index is 0.447. The first-order valence-corrected chi connectivity index (χ1v) is 5.33. The highest BCUT2D eigenvalue weighted by molar-refractivity contribution is 4.99. The fourth-order valence-electron chi connectivity index (χ4n) is 1.89. The third-order valence-corrected chi connectivity index (χ3v) is 2.46. The van der Waals surface area contributed by atoms with Crippen molar-refractivity contribution in [1.29, 1.82) is 0 Å². The first kappa shape index (κ1) is 11.7. The molecule has 0 bridgehead atoms. The van der Waals surface area contributed by atoms with Gasteiger partial charge in [-0.05, 0) is 32.5 Å². The molecule has 1 atom stereocenters. The zero-order valence-electron chi connectivity index (χ0n) is 9.38. The maximum Gasteiger partial charge on any atom is 0.0702 e. The van der Waals surface area contributed by atoms with Gasteiger partial charge in [0.1, 0.15) is 0 Å². The molecular weight excluding hydrogens is 176 g/mol. The van der Waals surface area contributed by atoms with Crippen molar-refractivity contribution < 1.29 is 4.74 Å². The van der Waals surface area contributed by atoms with Crippen LogP contribution in [0.1, 0.15) is 12.8 Å². The molecular formula is C11H22N2O. The van der Waals surface area contributed by atoms with Gasteiger partial charge >= 0.3 is 0 Å². The van der Waals surface area contributed by atoms with Crippen molar-refractivity contribution in [3.05, 3.63) is 12.2 Å². The highest BCUT2D eigenvalue weighted by atomic mass is 16.5. The first-order valence-electron chi connectivity index (χ1n) is 5.33. The Kier molecular flexibility index (Phi) is 5.15. The van der Waals surface area contributed by atoms with Gasteiger partial charge in [0.25, 0.3) is 0 Å². The van der Waals surface area contributed by atoms with Gasteiger partial charge in [-0.3, -0.25) is 4.90 Å². The predicted octanol–water partition coefficient (Wildman–Crippen LogP) is 0.873. The van der Waals surface area contributed by atoms with E-state index in [1.807, 2.05) is 7.05 Å². The third-order valence-electron chi connectivity index (χ3n) is 2.46. The lowest BCUT2D eigenvalue weighted by atomic mass is 10.2. The Hall–Kier alpha value is -0.380. The number of likely N-dealkylation sites (N-methyl/N-ethyl adjacent to an activating group) is 2. The van der Waals surface area contributed by atoms with Crippen molar-refractivity contribution in [3.8, 4) is 0 Å². The second kappa shape index (κ2) is 6.17. The molecule has 0 aliphatic carbocycles. The SMILES string of the molecule is C=C(CNC)CN(C)CC1CCCO1. The monoisotopic (exact) mass is 198 g/mol. The third kappa shape index (κ3) is 4.22. The Bertz CT molecular complexity index is 176. The maximum absolute atomic E-state index is 5.58. The zero-order valence-corrected chi connectivity index (χ0v) is 9.38. The summed E-state index contributed by atoms with van der Waals surface area (Å²) in [5.74, 6) is 0. The molecule has 0 amide bonds. The molecule has 1 unspecified atom stereocenters. The van der Waals surface area contributed by atoms with E-state index in [0.717, 1.165) is 26.2 Å². The van der Waals surface area contributed by atoms with E-state index in [1.54, 1.807) is 0 Å². The zero-order chi connectivity index (χ0) is 10.4. The maximum atomic E-state index is 5.58. The Morgan fingerprint density at radius 3 is 3.00 bits per heavy atom. The number of ether oxygens (including phenoxy) is 1. The van der Waals surface area contributed by atoms with E-state index in [4.69, 9.17) is 4.74 Å². The fraction of sp³-hybridized carbons (Fsp3) is 0.818. The lowest BCUT2D eigenvalue weighted by Gasteiger charge is -2.21. The smallest absolute Gasteiger partial charge is 0.0702 e. The summed E-state index contributed by atoms with van der Waals surface area (Å²) in [6.07, 6.45) is 2.88. The highest BCUT2D eigenvalue weighted by Crippen LogP contribution is 2.12. The summed E-state index contributed by atoms with van der Waals surface area (Å²) < 4.78 is 5.58. The average molecular weight is 198 g/mol. The van der Waals surface area contributed by atoms with Crippen molar-refractivity contribution in [3.63, 3.8) is 0 Å². The molecule has 14 heavy (non-hydrogen) atoms. The minimum absolute atomic E-state index is 0.447. The van der Waals surface area contributed by atoms with E-state index in [1.165, 1.54) is 18.4 Å². The number of nitrogens with zero attached hydrogens (tertiary/aromatic N) is 1.